The zero-order valence-electron chi connectivity index (χ0n) is 12.9. The Morgan fingerprint density at radius 2 is 1.95 bits per heavy atom. The van der Waals surface area contributed by atoms with Gasteiger partial charge >= 0.3 is 0 Å². The van der Waals surface area contributed by atoms with E-state index in [2.05, 4.69) is 22.1 Å². The van der Waals surface area contributed by atoms with E-state index in [1.54, 1.807) is 0 Å². The third-order valence-electron chi connectivity index (χ3n) is 4.12. The predicted octanol–water partition coefficient (Wildman–Crippen LogP) is 2.87. The lowest BCUT2D eigenvalue weighted by molar-refractivity contribution is 0.0264. The Morgan fingerprint density at radius 1 is 1.25 bits per heavy atom. The molecular weight excluding hydrogens is 365 g/mol. The fourth-order valence-corrected chi connectivity index (χ4v) is 2.80. The minimum absolute atomic E-state index is 0. The topological polar surface area (TPSA) is 36.9 Å². The molecule has 0 aromatic rings. The molecule has 4 nitrogen and oxygen atoms in total. The normalized spacial score (nSPS) is 20.7. The molecule has 1 aliphatic heterocycles. The fourth-order valence-electron chi connectivity index (χ4n) is 2.80. The summed E-state index contributed by atoms with van der Waals surface area (Å²) in [6, 6.07) is 0. The van der Waals surface area contributed by atoms with Gasteiger partial charge in [0.1, 0.15) is 0 Å². The molecule has 20 heavy (non-hydrogen) atoms. The quantitative estimate of drug-likeness (QED) is 0.325. The second kappa shape index (κ2) is 9.82. The van der Waals surface area contributed by atoms with Crippen molar-refractivity contribution in [2.75, 3.05) is 33.3 Å². The van der Waals surface area contributed by atoms with Crippen molar-refractivity contribution in [3.05, 3.63) is 0 Å². The molecule has 0 amide bonds. The Labute approximate surface area is 140 Å². The molecule has 0 atom stereocenters. The number of nitrogens with zero attached hydrogens (tertiary/aromatic N) is 2. The number of halogens is 1. The predicted molar refractivity (Wildman–Crippen MR) is 95.0 cm³/mol. The zero-order valence-corrected chi connectivity index (χ0v) is 15.3. The summed E-state index contributed by atoms with van der Waals surface area (Å²) in [4.78, 5) is 6.77. The minimum Gasteiger partial charge on any atom is -0.378 e. The molecule has 5 heteroatoms. The minimum atomic E-state index is 0. The highest BCUT2D eigenvalue weighted by Crippen LogP contribution is 2.33. The van der Waals surface area contributed by atoms with E-state index >= 15 is 0 Å². The summed E-state index contributed by atoms with van der Waals surface area (Å²) in [7, 11) is 1.89. The van der Waals surface area contributed by atoms with Crippen LogP contribution < -0.4 is 5.32 Å². The third kappa shape index (κ3) is 6.16. The van der Waals surface area contributed by atoms with Crippen molar-refractivity contribution in [3.63, 3.8) is 0 Å². The van der Waals surface area contributed by atoms with Gasteiger partial charge in [0, 0.05) is 33.3 Å². The number of guanidine groups is 1. The van der Waals surface area contributed by atoms with Gasteiger partial charge in [-0.25, -0.2) is 0 Å². The van der Waals surface area contributed by atoms with Gasteiger partial charge in [0.15, 0.2) is 5.96 Å². The first-order chi connectivity index (χ1) is 9.33. The lowest BCUT2D eigenvalue weighted by atomic mass is 10.1. The number of hydrogen-bond acceptors (Lipinski definition) is 2. The average molecular weight is 395 g/mol. The van der Waals surface area contributed by atoms with Crippen LogP contribution in [0.25, 0.3) is 0 Å². The summed E-state index contributed by atoms with van der Waals surface area (Å²) < 4.78 is 5.69. The molecule has 2 fully saturated rings. The van der Waals surface area contributed by atoms with E-state index in [0.29, 0.717) is 6.10 Å². The molecular formula is C15H30IN3O. The summed E-state index contributed by atoms with van der Waals surface area (Å²) in [5, 5.41) is 3.50. The first-order valence-corrected chi connectivity index (χ1v) is 7.90. The van der Waals surface area contributed by atoms with E-state index in [4.69, 9.17) is 4.74 Å². The van der Waals surface area contributed by atoms with Crippen molar-refractivity contribution in [1.29, 1.82) is 0 Å². The number of aliphatic imine (C=N–C) groups is 1. The van der Waals surface area contributed by atoms with Crippen LogP contribution in [0.5, 0.6) is 0 Å². The molecule has 1 saturated heterocycles. The number of piperidine rings is 1. The maximum atomic E-state index is 5.69. The van der Waals surface area contributed by atoms with Gasteiger partial charge in [-0.05, 0) is 38.5 Å². The summed E-state index contributed by atoms with van der Waals surface area (Å²) in [5.74, 6) is 2.11. The summed E-state index contributed by atoms with van der Waals surface area (Å²) in [5.41, 5.74) is 0. The molecule has 0 spiro atoms. The standard InChI is InChI=1S/C15H29N3O.HI/c1-3-19-14-8-11-18(12-9-14)15(16-2)17-10-4-5-13-6-7-13;/h13-14H,3-12H2,1-2H3,(H,16,17);1H. The lowest BCUT2D eigenvalue weighted by Gasteiger charge is -2.34. The number of ether oxygens (including phenoxy) is 1. The fraction of sp³-hybridized carbons (Fsp3) is 0.933. The number of hydrogen-bond donors (Lipinski definition) is 1. The largest absolute Gasteiger partial charge is 0.378 e. The van der Waals surface area contributed by atoms with Gasteiger partial charge in [-0.15, -0.1) is 24.0 Å². The van der Waals surface area contributed by atoms with Gasteiger partial charge in [0.2, 0.25) is 0 Å². The first kappa shape index (κ1) is 18.0. The van der Waals surface area contributed by atoms with Gasteiger partial charge in [-0.1, -0.05) is 12.8 Å². The SMILES string of the molecule is CCOC1CCN(C(=NC)NCCCC2CC2)CC1.I. The van der Waals surface area contributed by atoms with Crippen LogP contribution >= 0.6 is 24.0 Å². The van der Waals surface area contributed by atoms with E-state index in [1.807, 2.05) is 7.05 Å². The van der Waals surface area contributed by atoms with Crippen molar-refractivity contribution in [1.82, 2.24) is 10.2 Å². The van der Waals surface area contributed by atoms with E-state index in [9.17, 15) is 0 Å². The molecule has 1 N–H and O–H groups in total. The molecule has 0 bridgehead atoms. The van der Waals surface area contributed by atoms with Gasteiger partial charge in [0.25, 0.3) is 0 Å². The summed E-state index contributed by atoms with van der Waals surface area (Å²) >= 11 is 0. The second-order valence-corrected chi connectivity index (χ2v) is 5.70. The van der Waals surface area contributed by atoms with Crippen molar-refractivity contribution < 1.29 is 4.74 Å². The van der Waals surface area contributed by atoms with Gasteiger partial charge in [0.05, 0.1) is 6.10 Å². The molecule has 1 heterocycles. The Morgan fingerprint density at radius 3 is 2.50 bits per heavy atom. The molecule has 1 aliphatic carbocycles. The number of nitrogens with one attached hydrogen (secondary N) is 1. The van der Waals surface area contributed by atoms with E-state index < -0.39 is 0 Å². The van der Waals surface area contributed by atoms with Crippen LogP contribution in [-0.4, -0.2) is 50.3 Å². The van der Waals surface area contributed by atoms with Crippen molar-refractivity contribution in [2.45, 2.75) is 51.6 Å². The van der Waals surface area contributed by atoms with E-state index in [-0.39, 0.29) is 24.0 Å². The molecule has 2 rings (SSSR count). The van der Waals surface area contributed by atoms with Crippen molar-refractivity contribution >= 4 is 29.9 Å². The van der Waals surface area contributed by atoms with Crippen LogP contribution in [0.4, 0.5) is 0 Å². The highest BCUT2D eigenvalue weighted by atomic mass is 127. The molecule has 118 valence electrons. The van der Waals surface area contributed by atoms with Crippen LogP contribution in [-0.2, 0) is 4.74 Å². The molecule has 0 unspecified atom stereocenters. The molecule has 0 radical (unpaired) electrons. The van der Waals surface area contributed by atoms with Crippen molar-refractivity contribution in [2.24, 2.45) is 10.9 Å². The average Bonchev–Trinajstić information content (AvgIpc) is 3.25. The zero-order chi connectivity index (χ0) is 13.5. The van der Waals surface area contributed by atoms with Crippen LogP contribution in [0.3, 0.4) is 0 Å². The van der Waals surface area contributed by atoms with Crippen LogP contribution in [0.1, 0.15) is 45.4 Å². The van der Waals surface area contributed by atoms with Gasteiger partial charge < -0.3 is 15.0 Å². The monoisotopic (exact) mass is 395 g/mol. The van der Waals surface area contributed by atoms with Gasteiger partial charge in [-0.3, -0.25) is 4.99 Å². The Bertz CT molecular complexity index is 287. The van der Waals surface area contributed by atoms with Crippen LogP contribution in [0.2, 0.25) is 0 Å². The lowest BCUT2D eigenvalue weighted by Crippen LogP contribution is -2.47. The summed E-state index contributed by atoms with van der Waals surface area (Å²) in [6.45, 7) is 6.10. The Hall–Kier alpha value is -0.0400. The van der Waals surface area contributed by atoms with E-state index in [0.717, 1.165) is 51.0 Å². The summed E-state index contributed by atoms with van der Waals surface area (Å²) in [6.07, 6.45) is 8.27. The molecule has 1 saturated carbocycles. The Balaban J connectivity index is 0.00000200. The number of rotatable bonds is 6. The molecule has 0 aromatic carbocycles. The van der Waals surface area contributed by atoms with Crippen molar-refractivity contribution in [3.8, 4) is 0 Å². The van der Waals surface area contributed by atoms with Crippen LogP contribution in [0, 0.1) is 5.92 Å². The highest BCUT2D eigenvalue weighted by Gasteiger charge is 2.22. The first-order valence-electron chi connectivity index (χ1n) is 7.90. The third-order valence-corrected chi connectivity index (χ3v) is 4.12. The molecule has 0 aromatic heterocycles. The smallest absolute Gasteiger partial charge is 0.193 e. The second-order valence-electron chi connectivity index (χ2n) is 5.70. The maximum absolute atomic E-state index is 5.69. The van der Waals surface area contributed by atoms with E-state index in [1.165, 1.54) is 25.7 Å². The number of likely N-dealkylation sites (tertiary alicyclic amines) is 1. The Kier molecular flexibility index (Phi) is 8.84. The molecule has 2 aliphatic rings. The maximum Gasteiger partial charge on any atom is 0.193 e. The van der Waals surface area contributed by atoms with Gasteiger partial charge in [-0.2, -0.15) is 0 Å². The van der Waals surface area contributed by atoms with Crippen LogP contribution in [0.15, 0.2) is 4.99 Å². The highest BCUT2D eigenvalue weighted by molar-refractivity contribution is 14.0.